The molecule has 0 aromatic heterocycles. The van der Waals surface area contributed by atoms with Crippen LogP contribution in [0.5, 0.6) is 0 Å². The second kappa shape index (κ2) is 5.65. The summed E-state index contributed by atoms with van der Waals surface area (Å²) in [6, 6.07) is 8.74. The Morgan fingerprint density at radius 2 is 1.95 bits per heavy atom. The van der Waals surface area contributed by atoms with Crippen molar-refractivity contribution in [3.05, 3.63) is 35.4 Å². The minimum Gasteiger partial charge on any atom is -0.616 e. The van der Waals surface area contributed by atoms with Gasteiger partial charge in [-0.1, -0.05) is 40.6 Å². The van der Waals surface area contributed by atoms with Gasteiger partial charge in [-0.15, -0.1) is 0 Å². The Labute approximate surface area is 129 Å². The van der Waals surface area contributed by atoms with Gasteiger partial charge >= 0.3 is 0 Å². The molecule has 1 heterocycles. The zero-order valence-electron chi connectivity index (χ0n) is 13.0. The van der Waals surface area contributed by atoms with Crippen LogP contribution in [0.1, 0.15) is 56.6 Å². The van der Waals surface area contributed by atoms with E-state index in [4.69, 9.17) is 4.84 Å². The van der Waals surface area contributed by atoms with Crippen molar-refractivity contribution in [2.24, 2.45) is 5.16 Å². The van der Waals surface area contributed by atoms with E-state index in [0.29, 0.717) is 0 Å². The van der Waals surface area contributed by atoms with Gasteiger partial charge in [0.25, 0.3) is 0 Å². The zero-order valence-corrected chi connectivity index (χ0v) is 13.8. The predicted octanol–water partition coefficient (Wildman–Crippen LogP) is 3.60. The van der Waals surface area contributed by atoms with Gasteiger partial charge in [0.05, 0.1) is 12.0 Å². The van der Waals surface area contributed by atoms with Crippen LogP contribution < -0.4 is 0 Å². The molecule has 0 amide bonds. The molecule has 21 heavy (non-hydrogen) atoms. The number of hydrogen-bond acceptors (Lipinski definition) is 3. The van der Waals surface area contributed by atoms with E-state index in [1.807, 2.05) is 13.8 Å². The second-order valence-corrected chi connectivity index (χ2v) is 8.80. The molecular formula is C17H23NO2S. The lowest BCUT2D eigenvalue weighted by Gasteiger charge is -2.27. The molecule has 0 radical (unpaired) electrons. The van der Waals surface area contributed by atoms with E-state index in [1.165, 1.54) is 18.4 Å². The van der Waals surface area contributed by atoms with Crippen molar-refractivity contribution in [2.45, 2.75) is 56.3 Å². The number of nitrogens with zero attached hydrogens (tertiary/aromatic N) is 1. The normalized spacial score (nSPS) is 23.6. The molecule has 1 aromatic carbocycles. The van der Waals surface area contributed by atoms with Crippen molar-refractivity contribution in [1.29, 1.82) is 0 Å². The molecular weight excluding hydrogens is 282 g/mol. The Morgan fingerprint density at radius 1 is 1.29 bits per heavy atom. The number of hydrogen-bond donors (Lipinski definition) is 0. The van der Waals surface area contributed by atoms with Crippen LogP contribution in [-0.2, 0) is 16.0 Å². The molecule has 4 heteroatoms. The molecule has 2 aliphatic rings. The third kappa shape index (κ3) is 3.43. The lowest BCUT2D eigenvalue weighted by atomic mass is 9.97. The maximum atomic E-state index is 11.7. The van der Waals surface area contributed by atoms with E-state index in [1.54, 1.807) is 6.26 Å². The molecule has 0 spiro atoms. The van der Waals surface area contributed by atoms with Crippen molar-refractivity contribution in [2.75, 3.05) is 6.26 Å². The van der Waals surface area contributed by atoms with Gasteiger partial charge in [0.1, 0.15) is 10.9 Å². The van der Waals surface area contributed by atoms with Crippen LogP contribution in [0.2, 0.25) is 0 Å². The molecule has 3 nitrogen and oxygen atoms in total. The molecule has 1 saturated carbocycles. The van der Waals surface area contributed by atoms with Crippen LogP contribution in [0.3, 0.4) is 0 Å². The van der Waals surface area contributed by atoms with Crippen LogP contribution in [0.25, 0.3) is 0 Å². The summed E-state index contributed by atoms with van der Waals surface area (Å²) in [4.78, 5) is 5.55. The van der Waals surface area contributed by atoms with Crippen molar-refractivity contribution in [3.63, 3.8) is 0 Å². The van der Waals surface area contributed by atoms with E-state index in [-0.39, 0.29) is 10.9 Å². The molecule has 1 aliphatic heterocycles. The number of rotatable bonds is 5. The van der Waals surface area contributed by atoms with Crippen molar-refractivity contribution >= 4 is 16.9 Å². The SMILES string of the molecule is C[S+]([O-])C(C)(C)CC1CC(c2ccc(C3CC3)cc2)=NO1. The van der Waals surface area contributed by atoms with Crippen LogP contribution >= 0.6 is 0 Å². The highest BCUT2D eigenvalue weighted by molar-refractivity contribution is 7.92. The van der Waals surface area contributed by atoms with E-state index in [2.05, 4.69) is 29.4 Å². The van der Waals surface area contributed by atoms with Crippen molar-refractivity contribution in [1.82, 2.24) is 0 Å². The Kier molecular flexibility index (Phi) is 4.02. The Morgan fingerprint density at radius 3 is 2.52 bits per heavy atom. The summed E-state index contributed by atoms with van der Waals surface area (Å²) in [6.45, 7) is 4.05. The van der Waals surface area contributed by atoms with Gasteiger partial charge in [-0.3, -0.25) is 0 Å². The molecule has 114 valence electrons. The quantitative estimate of drug-likeness (QED) is 0.780. The van der Waals surface area contributed by atoms with E-state index in [0.717, 1.165) is 30.0 Å². The third-order valence-electron chi connectivity index (χ3n) is 4.52. The zero-order chi connectivity index (χ0) is 15.0. The Balaban J connectivity index is 1.61. The van der Waals surface area contributed by atoms with Gasteiger partial charge < -0.3 is 9.39 Å². The average Bonchev–Trinajstić information content (AvgIpc) is 3.19. The fourth-order valence-corrected chi connectivity index (χ4v) is 3.16. The van der Waals surface area contributed by atoms with Gasteiger partial charge in [0.15, 0.2) is 0 Å². The van der Waals surface area contributed by atoms with Gasteiger partial charge in [-0.05, 0) is 43.7 Å². The van der Waals surface area contributed by atoms with Crippen molar-refractivity contribution < 1.29 is 9.39 Å². The fourth-order valence-electron chi connectivity index (χ4n) is 2.74. The topological polar surface area (TPSA) is 44.7 Å². The van der Waals surface area contributed by atoms with Crippen molar-refractivity contribution in [3.8, 4) is 0 Å². The minimum absolute atomic E-state index is 0.0435. The lowest BCUT2D eigenvalue weighted by Crippen LogP contribution is -2.35. The monoisotopic (exact) mass is 305 g/mol. The molecule has 0 saturated heterocycles. The molecule has 0 bridgehead atoms. The van der Waals surface area contributed by atoms with Gasteiger partial charge in [-0.2, -0.15) is 0 Å². The first kappa shape index (κ1) is 14.9. The summed E-state index contributed by atoms with van der Waals surface area (Å²) in [6.07, 6.45) is 6.03. The van der Waals surface area contributed by atoms with Gasteiger partial charge in [-0.25, -0.2) is 0 Å². The highest BCUT2D eigenvalue weighted by atomic mass is 32.2. The molecule has 2 unspecified atom stereocenters. The molecule has 1 aliphatic carbocycles. The first-order valence-electron chi connectivity index (χ1n) is 7.62. The molecule has 1 fully saturated rings. The standard InChI is InChI=1S/C17H23NO2S/c1-17(2,21(3)19)11-15-10-16(18-20-15)14-8-6-13(7-9-14)12-4-5-12/h6-9,12,15H,4-5,10-11H2,1-3H3. The number of benzene rings is 1. The molecule has 3 rings (SSSR count). The van der Waals surface area contributed by atoms with Crippen LogP contribution in [0.4, 0.5) is 0 Å². The molecule has 0 N–H and O–H groups in total. The number of oxime groups is 1. The van der Waals surface area contributed by atoms with Gasteiger partial charge in [0.2, 0.25) is 0 Å². The summed E-state index contributed by atoms with van der Waals surface area (Å²) < 4.78 is 11.5. The van der Waals surface area contributed by atoms with E-state index >= 15 is 0 Å². The largest absolute Gasteiger partial charge is 0.616 e. The molecule has 1 aromatic rings. The maximum absolute atomic E-state index is 11.7. The maximum Gasteiger partial charge on any atom is 0.138 e. The van der Waals surface area contributed by atoms with Crippen LogP contribution in [0, 0.1) is 0 Å². The van der Waals surface area contributed by atoms with Crippen LogP contribution in [0.15, 0.2) is 29.4 Å². The summed E-state index contributed by atoms with van der Waals surface area (Å²) in [5.74, 6) is 0.786. The highest BCUT2D eigenvalue weighted by Crippen LogP contribution is 2.40. The first-order valence-corrected chi connectivity index (χ1v) is 9.18. The minimum atomic E-state index is -0.860. The van der Waals surface area contributed by atoms with E-state index in [9.17, 15) is 4.55 Å². The fraction of sp³-hybridized carbons (Fsp3) is 0.588. The average molecular weight is 305 g/mol. The Hall–Kier alpha value is -1.00. The highest BCUT2D eigenvalue weighted by Gasteiger charge is 2.35. The second-order valence-electron chi connectivity index (χ2n) is 6.78. The summed E-state index contributed by atoms with van der Waals surface area (Å²) >= 11 is -0.860. The van der Waals surface area contributed by atoms with E-state index < -0.39 is 11.2 Å². The first-order chi connectivity index (χ1) is 9.95. The molecule has 2 atom stereocenters. The van der Waals surface area contributed by atoms with Crippen LogP contribution in [-0.4, -0.2) is 27.4 Å². The summed E-state index contributed by atoms with van der Waals surface area (Å²) in [5, 5.41) is 4.24. The lowest BCUT2D eigenvalue weighted by molar-refractivity contribution is 0.0725. The predicted molar refractivity (Wildman–Crippen MR) is 87.2 cm³/mol. The van der Waals surface area contributed by atoms with Gasteiger partial charge in [0, 0.05) is 12.8 Å². The Bertz CT molecular complexity index is 532. The smallest absolute Gasteiger partial charge is 0.138 e. The summed E-state index contributed by atoms with van der Waals surface area (Å²) in [7, 11) is 0. The summed E-state index contributed by atoms with van der Waals surface area (Å²) in [5.41, 5.74) is 3.61. The third-order valence-corrected chi connectivity index (χ3v) is 6.25.